The molecule has 1 aromatic rings. The Hall–Kier alpha value is -0.440. The highest BCUT2D eigenvalue weighted by atomic mass is 35.5. The van der Waals surface area contributed by atoms with Crippen LogP contribution in [-0.4, -0.2) is 6.61 Å². The molecule has 1 atom stereocenters. The summed E-state index contributed by atoms with van der Waals surface area (Å²) in [7, 11) is 0. The minimum atomic E-state index is -0.119. The van der Waals surface area contributed by atoms with Crippen molar-refractivity contribution in [2.24, 2.45) is 5.73 Å². The molecule has 0 heterocycles. The molecule has 1 aromatic carbocycles. The van der Waals surface area contributed by atoms with Crippen molar-refractivity contribution in [1.82, 2.24) is 0 Å². The Morgan fingerprint density at radius 3 is 2.43 bits per heavy atom. The van der Waals surface area contributed by atoms with Gasteiger partial charge in [0.15, 0.2) is 0 Å². The first-order valence-corrected chi connectivity index (χ1v) is 5.19. The Morgan fingerprint density at radius 2 is 1.93 bits per heavy atom. The van der Waals surface area contributed by atoms with Gasteiger partial charge in [0.2, 0.25) is 0 Å². The van der Waals surface area contributed by atoms with Crippen LogP contribution in [0.15, 0.2) is 12.1 Å². The topological polar surface area (TPSA) is 35.2 Å². The van der Waals surface area contributed by atoms with Gasteiger partial charge in [-0.15, -0.1) is 0 Å². The third-order valence-electron chi connectivity index (χ3n) is 1.84. The largest absolute Gasteiger partial charge is 0.493 e. The minimum Gasteiger partial charge on any atom is -0.493 e. The molecule has 0 spiro atoms. The van der Waals surface area contributed by atoms with Crippen molar-refractivity contribution >= 4 is 23.2 Å². The number of hydrogen-bond acceptors (Lipinski definition) is 2. The number of nitrogens with two attached hydrogens (primary N) is 1. The summed E-state index contributed by atoms with van der Waals surface area (Å²) in [6.07, 6.45) is 0. The van der Waals surface area contributed by atoms with Gasteiger partial charge in [0, 0.05) is 17.7 Å². The van der Waals surface area contributed by atoms with E-state index in [1.807, 2.05) is 13.8 Å². The van der Waals surface area contributed by atoms with E-state index in [1.54, 1.807) is 12.1 Å². The van der Waals surface area contributed by atoms with Gasteiger partial charge < -0.3 is 10.5 Å². The summed E-state index contributed by atoms with van der Waals surface area (Å²) < 4.78 is 5.41. The van der Waals surface area contributed by atoms with Gasteiger partial charge in [0.25, 0.3) is 0 Å². The zero-order chi connectivity index (χ0) is 10.7. The molecule has 0 aliphatic rings. The van der Waals surface area contributed by atoms with Crippen molar-refractivity contribution in [3.8, 4) is 5.75 Å². The van der Waals surface area contributed by atoms with Crippen LogP contribution in [0.4, 0.5) is 0 Å². The second-order valence-corrected chi connectivity index (χ2v) is 3.84. The highest BCUT2D eigenvalue weighted by Gasteiger charge is 2.11. The number of ether oxygens (including phenoxy) is 1. The molecule has 0 radical (unpaired) electrons. The van der Waals surface area contributed by atoms with E-state index in [0.717, 1.165) is 5.56 Å². The highest BCUT2D eigenvalue weighted by molar-refractivity contribution is 6.42. The molecule has 0 aromatic heterocycles. The van der Waals surface area contributed by atoms with E-state index in [1.165, 1.54) is 0 Å². The first-order valence-electron chi connectivity index (χ1n) is 4.43. The molecule has 1 unspecified atom stereocenters. The first kappa shape index (κ1) is 11.6. The highest BCUT2D eigenvalue weighted by Crippen LogP contribution is 2.33. The van der Waals surface area contributed by atoms with Gasteiger partial charge in [-0.3, -0.25) is 0 Å². The fourth-order valence-corrected chi connectivity index (χ4v) is 1.51. The van der Waals surface area contributed by atoms with Crippen LogP contribution >= 0.6 is 23.2 Å². The van der Waals surface area contributed by atoms with Gasteiger partial charge in [-0.25, -0.2) is 0 Å². The summed E-state index contributed by atoms with van der Waals surface area (Å²) in [5.41, 5.74) is 6.66. The van der Waals surface area contributed by atoms with Gasteiger partial charge in [0.1, 0.15) is 5.75 Å². The molecule has 2 N–H and O–H groups in total. The van der Waals surface area contributed by atoms with Crippen LogP contribution in [0.1, 0.15) is 25.5 Å². The van der Waals surface area contributed by atoms with Crippen LogP contribution in [0, 0.1) is 0 Å². The smallest absolute Gasteiger partial charge is 0.125 e. The lowest BCUT2D eigenvalue weighted by molar-refractivity contribution is 0.335. The Labute approximate surface area is 94.0 Å². The zero-order valence-corrected chi connectivity index (χ0v) is 9.69. The normalized spacial score (nSPS) is 12.6. The lowest BCUT2D eigenvalue weighted by atomic mass is 10.1. The fraction of sp³-hybridized carbons (Fsp3) is 0.400. The molecule has 2 nitrogen and oxygen atoms in total. The molecular formula is C10H13Cl2NO. The molecule has 0 bridgehead atoms. The molecule has 4 heteroatoms. The molecule has 14 heavy (non-hydrogen) atoms. The summed E-state index contributed by atoms with van der Waals surface area (Å²) in [6.45, 7) is 4.37. The van der Waals surface area contributed by atoms with Gasteiger partial charge in [0.05, 0.1) is 16.7 Å². The van der Waals surface area contributed by atoms with Crippen LogP contribution in [0.5, 0.6) is 5.75 Å². The summed E-state index contributed by atoms with van der Waals surface area (Å²) >= 11 is 11.8. The van der Waals surface area contributed by atoms with Gasteiger partial charge >= 0.3 is 0 Å². The summed E-state index contributed by atoms with van der Waals surface area (Å²) in [6, 6.07) is 3.33. The molecule has 0 saturated carbocycles. The second-order valence-electron chi connectivity index (χ2n) is 3.03. The van der Waals surface area contributed by atoms with Crippen LogP contribution in [0.3, 0.4) is 0 Å². The predicted octanol–water partition coefficient (Wildman–Crippen LogP) is 3.41. The molecule has 0 fully saturated rings. The van der Waals surface area contributed by atoms with Crippen LogP contribution in [0.2, 0.25) is 10.0 Å². The third kappa shape index (κ3) is 2.53. The number of halogens is 2. The summed E-state index contributed by atoms with van der Waals surface area (Å²) in [5.74, 6) is 0.705. The molecule has 78 valence electrons. The number of benzene rings is 1. The van der Waals surface area contributed by atoms with Crippen molar-refractivity contribution in [1.29, 1.82) is 0 Å². The third-order valence-corrected chi connectivity index (χ3v) is 2.57. The average Bonchev–Trinajstić information content (AvgIpc) is 2.11. The van der Waals surface area contributed by atoms with E-state index in [-0.39, 0.29) is 6.04 Å². The van der Waals surface area contributed by atoms with E-state index in [0.29, 0.717) is 22.4 Å². The van der Waals surface area contributed by atoms with Gasteiger partial charge in [-0.2, -0.15) is 0 Å². The van der Waals surface area contributed by atoms with Gasteiger partial charge in [-0.1, -0.05) is 23.2 Å². The quantitative estimate of drug-likeness (QED) is 0.869. The van der Waals surface area contributed by atoms with Crippen molar-refractivity contribution in [3.05, 3.63) is 27.7 Å². The Morgan fingerprint density at radius 1 is 1.36 bits per heavy atom. The van der Waals surface area contributed by atoms with E-state index < -0.39 is 0 Å². The van der Waals surface area contributed by atoms with Crippen LogP contribution < -0.4 is 10.5 Å². The fourth-order valence-electron chi connectivity index (χ4n) is 1.18. The SMILES string of the molecule is CCOc1cc(Cl)c(Cl)cc1C(C)N. The van der Waals surface area contributed by atoms with Crippen LogP contribution in [-0.2, 0) is 0 Å². The lowest BCUT2D eigenvalue weighted by Gasteiger charge is -2.14. The monoisotopic (exact) mass is 233 g/mol. The number of rotatable bonds is 3. The maximum Gasteiger partial charge on any atom is 0.125 e. The van der Waals surface area contributed by atoms with E-state index in [2.05, 4.69) is 0 Å². The maximum atomic E-state index is 5.89. The maximum absolute atomic E-state index is 5.89. The standard InChI is InChI=1S/C10H13Cl2NO/c1-3-14-10-5-9(12)8(11)4-7(10)6(2)13/h4-6H,3,13H2,1-2H3. The van der Waals surface area contributed by atoms with Crippen molar-refractivity contribution in [2.75, 3.05) is 6.61 Å². The summed E-state index contributed by atoms with van der Waals surface area (Å²) in [4.78, 5) is 0. The molecular weight excluding hydrogens is 221 g/mol. The zero-order valence-electron chi connectivity index (χ0n) is 8.18. The minimum absolute atomic E-state index is 0.119. The molecule has 0 aliphatic heterocycles. The van der Waals surface area contributed by atoms with Crippen molar-refractivity contribution in [3.63, 3.8) is 0 Å². The van der Waals surface area contributed by atoms with Crippen molar-refractivity contribution < 1.29 is 4.74 Å². The Kier molecular flexibility index (Phi) is 4.05. The Balaban J connectivity index is 3.17. The summed E-state index contributed by atoms with van der Waals surface area (Å²) in [5, 5.41) is 0.988. The lowest BCUT2D eigenvalue weighted by Crippen LogP contribution is -2.08. The Bertz CT molecular complexity index is 326. The van der Waals surface area contributed by atoms with Crippen LogP contribution in [0.25, 0.3) is 0 Å². The van der Waals surface area contributed by atoms with Gasteiger partial charge in [-0.05, 0) is 19.9 Å². The number of hydrogen-bond donors (Lipinski definition) is 1. The van der Waals surface area contributed by atoms with Crippen molar-refractivity contribution in [2.45, 2.75) is 19.9 Å². The van der Waals surface area contributed by atoms with E-state index in [9.17, 15) is 0 Å². The molecule has 0 saturated heterocycles. The molecule has 1 rings (SSSR count). The molecule has 0 amide bonds. The first-order chi connectivity index (χ1) is 6.56. The second kappa shape index (κ2) is 4.87. The average molecular weight is 234 g/mol. The molecule has 0 aliphatic carbocycles. The van der Waals surface area contributed by atoms with E-state index in [4.69, 9.17) is 33.7 Å². The predicted molar refractivity (Wildman–Crippen MR) is 60.2 cm³/mol. The van der Waals surface area contributed by atoms with E-state index >= 15 is 0 Å².